The molecule has 0 aliphatic heterocycles. The Morgan fingerprint density at radius 1 is 1.20 bits per heavy atom. The standard InChI is InChI=1S/C22H22N6O2/c1-13-5-4-6-15(9-13)14(2)25-20(29)18-10-17(12-24-21(18)30-3)16-7-8-28-19(11-16)26-22(23)27-28/h4-12,14H,1-3H3,(H2,23,27)(H,25,29). The van der Waals surface area contributed by atoms with Crippen molar-refractivity contribution in [1.29, 1.82) is 0 Å². The third kappa shape index (κ3) is 3.80. The predicted octanol–water partition coefficient (Wildman–Crippen LogP) is 3.18. The van der Waals surface area contributed by atoms with E-state index in [9.17, 15) is 4.79 Å². The average molecular weight is 402 g/mol. The van der Waals surface area contributed by atoms with E-state index in [1.54, 1.807) is 23.0 Å². The molecule has 8 heteroatoms. The Labute approximate surface area is 173 Å². The lowest BCUT2D eigenvalue weighted by Crippen LogP contribution is -2.27. The number of carbonyl (C=O) groups excluding carboxylic acids is 1. The second-order valence-corrected chi connectivity index (χ2v) is 7.08. The molecule has 0 aliphatic carbocycles. The molecular weight excluding hydrogens is 380 g/mol. The normalized spacial score (nSPS) is 12.0. The number of nitrogens with one attached hydrogen (secondary N) is 1. The molecule has 0 saturated carbocycles. The van der Waals surface area contributed by atoms with Crippen LogP contribution in [0.3, 0.4) is 0 Å². The molecule has 1 unspecified atom stereocenters. The molecule has 0 aliphatic rings. The number of carbonyl (C=O) groups is 1. The highest BCUT2D eigenvalue weighted by Crippen LogP contribution is 2.26. The Balaban J connectivity index is 1.65. The minimum atomic E-state index is -0.261. The number of pyridine rings is 2. The maximum atomic E-state index is 13.0. The van der Waals surface area contributed by atoms with Crippen LogP contribution in [0.2, 0.25) is 0 Å². The van der Waals surface area contributed by atoms with Gasteiger partial charge in [0.2, 0.25) is 11.8 Å². The van der Waals surface area contributed by atoms with Gasteiger partial charge in [-0.1, -0.05) is 29.8 Å². The number of aryl methyl sites for hydroxylation is 1. The number of fused-ring (bicyclic) bond motifs is 1. The number of nitrogens with zero attached hydrogens (tertiary/aromatic N) is 4. The highest BCUT2D eigenvalue weighted by Gasteiger charge is 2.18. The third-order valence-electron chi connectivity index (χ3n) is 4.87. The smallest absolute Gasteiger partial charge is 0.257 e. The fourth-order valence-corrected chi connectivity index (χ4v) is 3.31. The van der Waals surface area contributed by atoms with Crippen LogP contribution in [0.5, 0.6) is 5.88 Å². The van der Waals surface area contributed by atoms with Gasteiger partial charge in [0, 0.05) is 18.0 Å². The van der Waals surface area contributed by atoms with E-state index in [0.717, 1.165) is 22.3 Å². The van der Waals surface area contributed by atoms with Crippen LogP contribution in [-0.4, -0.2) is 32.6 Å². The van der Waals surface area contributed by atoms with Crippen LogP contribution >= 0.6 is 0 Å². The quantitative estimate of drug-likeness (QED) is 0.531. The molecule has 0 saturated heterocycles. The summed E-state index contributed by atoms with van der Waals surface area (Å²) in [5.74, 6) is 0.203. The Morgan fingerprint density at radius 3 is 2.80 bits per heavy atom. The summed E-state index contributed by atoms with van der Waals surface area (Å²) in [7, 11) is 1.49. The van der Waals surface area contributed by atoms with Crippen LogP contribution < -0.4 is 15.8 Å². The number of hydrogen-bond acceptors (Lipinski definition) is 6. The van der Waals surface area contributed by atoms with Crippen molar-refractivity contribution in [2.75, 3.05) is 12.8 Å². The van der Waals surface area contributed by atoms with Crippen molar-refractivity contribution < 1.29 is 9.53 Å². The second kappa shape index (κ2) is 7.82. The van der Waals surface area contributed by atoms with Gasteiger partial charge in [-0.15, -0.1) is 5.10 Å². The number of aromatic nitrogens is 4. The van der Waals surface area contributed by atoms with Crippen LogP contribution in [0.25, 0.3) is 16.8 Å². The summed E-state index contributed by atoms with van der Waals surface area (Å²) in [6.07, 6.45) is 3.42. The van der Waals surface area contributed by atoms with Gasteiger partial charge in [-0.25, -0.2) is 9.50 Å². The lowest BCUT2D eigenvalue weighted by atomic mass is 10.0. The van der Waals surface area contributed by atoms with Crippen LogP contribution in [0.1, 0.15) is 34.5 Å². The van der Waals surface area contributed by atoms with Crippen LogP contribution in [0, 0.1) is 6.92 Å². The highest BCUT2D eigenvalue weighted by molar-refractivity contribution is 5.97. The first-order valence-electron chi connectivity index (χ1n) is 9.48. The van der Waals surface area contributed by atoms with Crippen molar-refractivity contribution in [3.63, 3.8) is 0 Å². The molecule has 8 nitrogen and oxygen atoms in total. The Hall–Kier alpha value is -3.94. The summed E-state index contributed by atoms with van der Waals surface area (Å²) in [6, 6.07) is 13.3. The van der Waals surface area contributed by atoms with E-state index in [2.05, 4.69) is 26.4 Å². The minimum absolute atomic E-state index is 0.166. The molecule has 30 heavy (non-hydrogen) atoms. The zero-order valence-corrected chi connectivity index (χ0v) is 17.0. The van der Waals surface area contributed by atoms with Gasteiger partial charge in [0.25, 0.3) is 5.91 Å². The number of rotatable bonds is 5. The highest BCUT2D eigenvalue weighted by atomic mass is 16.5. The van der Waals surface area contributed by atoms with Gasteiger partial charge in [-0.05, 0) is 43.2 Å². The van der Waals surface area contributed by atoms with Crippen molar-refractivity contribution in [2.45, 2.75) is 19.9 Å². The summed E-state index contributed by atoms with van der Waals surface area (Å²) in [4.78, 5) is 21.5. The van der Waals surface area contributed by atoms with E-state index in [0.29, 0.717) is 11.2 Å². The lowest BCUT2D eigenvalue weighted by molar-refractivity contribution is 0.0936. The number of ether oxygens (including phenoxy) is 1. The van der Waals surface area contributed by atoms with Gasteiger partial charge in [-0.3, -0.25) is 4.79 Å². The number of methoxy groups -OCH3 is 1. The summed E-state index contributed by atoms with van der Waals surface area (Å²) in [5, 5.41) is 7.10. The number of nitrogens with two attached hydrogens (primary N) is 1. The maximum Gasteiger partial charge on any atom is 0.257 e. The molecule has 0 fully saturated rings. The molecule has 1 atom stereocenters. The number of amides is 1. The van der Waals surface area contributed by atoms with Crippen molar-refractivity contribution in [2.24, 2.45) is 0 Å². The van der Waals surface area contributed by atoms with E-state index in [1.165, 1.54) is 7.11 Å². The molecule has 1 amide bonds. The Bertz CT molecular complexity index is 1230. The molecule has 0 radical (unpaired) electrons. The topological polar surface area (TPSA) is 107 Å². The number of hydrogen-bond donors (Lipinski definition) is 2. The zero-order chi connectivity index (χ0) is 21.3. The van der Waals surface area contributed by atoms with E-state index in [-0.39, 0.29) is 23.8 Å². The molecule has 152 valence electrons. The van der Waals surface area contributed by atoms with Crippen LogP contribution in [0.4, 0.5) is 5.95 Å². The fraction of sp³-hybridized carbons (Fsp3) is 0.182. The molecule has 4 aromatic rings. The van der Waals surface area contributed by atoms with Crippen LogP contribution in [-0.2, 0) is 0 Å². The van der Waals surface area contributed by atoms with Gasteiger partial charge in [0.05, 0.1) is 13.2 Å². The molecule has 0 bridgehead atoms. The average Bonchev–Trinajstić information content (AvgIpc) is 3.12. The van der Waals surface area contributed by atoms with Gasteiger partial charge >= 0.3 is 0 Å². The minimum Gasteiger partial charge on any atom is -0.480 e. The largest absolute Gasteiger partial charge is 0.480 e. The van der Waals surface area contributed by atoms with E-state index >= 15 is 0 Å². The van der Waals surface area contributed by atoms with Gasteiger partial charge < -0.3 is 15.8 Å². The molecular formula is C22H22N6O2. The first-order chi connectivity index (χ1) is 14.4. The molecule has 4 rings (SSSR count). The number of benzene rings is 1. The third-order valence-corrected chi connectivity index (χ3v) is 4.87. The zero-order valence-electron chi connectivity index (χ0n) is 17.0. The summed E-state index contributed by atoms with van der Waals surface area (Å²) < 4.78 is 6.91. The first kappa shape index (κ1) is 19.4. The summed E-state index contributed by atoms with van der Waals surface area (Å²) in [6.45, 7) is 3.97. The Morgan fingerprint density at radius 2 is 2.03 bits per heavy atom. The first-order valence-corrected chi connectivity index (χ1v) is 9.48. The monoisotopic (exact) mass is 402 g/mol. The molecule has 3 aromatic heterocycles. The van der Waals surface area contributed by atoms with Crippen molar-refractivity contribution in [3.05, 3.63) is 71.5 Å². The van der Waals surface area contributed by atoms with Crippen molar-refractivity contribution in [1.82, 2.24) is 24.9 Å². The lowest BCUT2D eigenvalue weighted by Gasteiger charge is -2.16. The fourth-order valence-electron chi connectivity index (χ4n) is 3.31. The Kier molecular flexibility index (Phi) is 5.05. The summed E-state index contributed by atoms with van der Waals surface area (Å²) >= 11 is 0. The van der Waals surface area contributed by atoms with Crippen LogP contribution in [0.15, 0.2) is 54.9 Å². The molecule has 1 aromatic carbocycles. The molecule has 0 spiro atoms. The van der Waals surface area contributed by atoms with Gasteiger partial charge in [0.15, 0.2) is 5.65 Å². The van der Waals surface area contributed by atoms with E-state index in [1.807, 2.05) is 44.2 Å². The van der Waals surface area contributed by atoms with Crippen molar-refractivity contribution in [3.8, 4) is 17.0 Å². The number of nitrogen functional groups attached to an aromatic ring is 1. The summed E-state index contributed by atoms with van der Waals surface area (Å²) in [5.41, 5.74) is 10.4. The van der Waals surface area contributed by atoms with Crippen molar-refractivity contribution >= 4 is 17.5 Å². The van der Waals surface area contributed by atoms with E-state index < -0.39 is 0 Å². The second-order valence-electron chi connectivity index (χ2n) is 7.08. The number of anilines is 1. The SMILES string of the molecule is COc1ncc(-c2ccn3nc(N)nc3c2)cc1C(=O)NC(C)c1cccc(C)c1. The molecule has 3 heterocycles. The molecule has 3 N–H and O–H groups in total. The van der Waals surface area contributed by atoms with E-state index in [4.69, 9.17) is 10.5 Å². The van der Waals surface area contributed by atoms with Gasteiger partial charge in [-0.2, -0.15) is 4.98 Å². The maximum absolute atomic E-state index is 13.0. The van der Waals surface area contributed by atoms with Gasteiger partial charge in [0.1, 0.15) is 5.56 Å². The predicted molar refractivity (Wildman–Crippen MR) is 114 cm³/mol.